The van der Waals surface area contributed by atoms with E-state index in [1.54, 1.807) is 12.3 Å². The van der Waals surface area contributed by atoms with Crippen LogP contribution in [0.1, 0.15) is 41.5 Å². The van der Waals surface area contributed by atoms with Crippen LogP contribution in [-0.2, 0) is 13.0 Å². The molecule has 1 aliphatic carbocycles. The molecule has 0 atom stereocenters. The topological polar surface area (TPSA) is 94.2 Å². The molecule has 2 fully saturated rings. The van der Waals surface area contributed by atoms with E-state index in [1.165, 1.54) is 0 Å². The maximum Gasteiger partial charge on any atom is 0.270 e. The van der Waals surface area contributed by atoms with Crippen molar-refractivity contribution in [2.75, 3.05) is 31.1 Å². The Morgan fingerprint density at radius 1 is 1.18 bits per heavy atom. The smallest absolute Gasteiger partial charge is 0.270 e. The largest absolute Gasteiger partial charge is 0.368 e. The number of hydrogen-bond donors (Lipinski definition) is 2. The number of pyridine rings is 1. The van der Waals surface area contributed by atoms with Gasteiger partial charge in [0, 0.05) is 38.8 Å². The molecule has 1 aromatic carbocycles. The lowest BCUT2D eigenvalue weighted by Crippen LogP contribution is -2.46. The van der Waals surface area contributed by atoms with E-state index in [2.05, 4.69) is 36.1 Å². The average Bonchev–Trinajstić information content (AvgIpc) is 2.83. The highest BCUT2D eigenvalue weighted by molar-refractivity contribution is 5.92. The fourth-order valence-electron chi connectivity index (χ4n) is 4.56. The molecule has 9 heteroatoms. The number of anilines is 1. The molecule has 1 amide bonds. The van der Waals surface area contributed by atoms with Crippen LogP contribution >= 0.6 is 0 Å². The van der Waals surface area contributed by atoms with E-state index >= 15 is 0 Å². The summed E-state index contributed by atoms with van der Waals surface area (Å²) in [5.41, 5.74) is 4.53. The lowest BCUT2D eigenvalue weighted by atomic mass is 9.91. The van der Waals surface area contributed by atoms with Gasteiger partial charge in [0.05, 0.1) is 22.9 Å². The molecule has 3 aromatic rings. The predicted octanol–water partition coefficient (Wildman–Crippen LogP) is 2.43. The maximum atomic E-state index is 12.9. The fourth-order valence-corrected chi connectivity index (χ4v) is 4.56. The molecular weight excluding hydrogens is 435 g/mol. The molecule has 5 rings (SSSR count). The summed E-state index contributed by atoms with van der Waals surface area (Å²) in [6.07, 6.45) is 2.34. The van der Waals surface area contributed by atoms with Gasteiger partial charge in [0.15, 0.2) is 0 Å². The van der Waals surface area contributed by atoms with E-state index < -0.39 is 6.17 Å². The molecule has 34 heavy (non-hydrogen) atoms. The summed E-state index contributed by atoms with van der Waals surface area (Å²) < 4.78 is 12.9. The van der Waals surface area contributed by atoms with Gasteiger partial charge in [-0.3, -0.25) is 14.5 Å². The van der Waals surface area contributed by atoms with E-state index in [4.69, 9.17) is 0 Å². The Kier molecular flexibility index (Phi) is 6.28. The van der Waals surface area contributed by atoms with Crippen LogP contribution in [0, 0.1) is 0 Å². The zero-order chi connectivity index (χ0) is 23.7. The van der Waals surface area contributed by atoms with Crippen molar-refractivity contribution in [2.24, 2.45) is 0 Å². The van der Waals surface area contributed by atoms with E-state index in [0.29, 0.717) is 30.7 Å². The first kappa shape index (κ1) is 22.5. The first-order chi connectivity index (χ1) is 16.5. The molecule has 1 saturated heterocycles. The van der Waals surface area contributed by atoms with Gasteiger partial charge in [-0.05, 0) is 49.1 Å². The number of carbonyl (C=O) groups excluding carboxylic acids is 1. The van der Waals surface area contributed by atoms with E-state index in [1.807, 2.05) is 25.1 Å². The number of nitrogens with one attached hydrogen (secondary N) is 2. The molecule has 0 spiro atoms. The first-order valence-electron chi connectivity index (χ1n) is 11.9. The van der Waals surface area contributed by atoms with Crippen LogP contribution in [0.25, 0.3) is 11.0 Å². The van der Waals surface area contributed by atoms with Gasteiger partial charge < -0.3 is 15.2 Å². The summed E-state index contributed by atoms with van der Waals surface area (Å²) >= 11 is 0. The van der Waals surface area contributed by atoms with Crippen LogP contribution in [0.3, 0.4) is 0 Å². The molecule has 0 radical (unpaired) electrons. The number of alkyl halides is 1. The van der Waals surface area contributed by atoms with Gasteiger partial charge in [-0.15, -0.1) is 0 Å². The molecule has 0 bridgehead atoms. The minimum Gasteiger partial charge on any atom is -0.368 e. The monoisotopic (exact) mass is 464 g/mol. The lowest BCUT2D eigenvalue weighted by Gasteiger charge is -2.36. The van der Waals surface area contributed by atoms with Crippen molar-refractivity contribution >= 4 is 22.6 Å². The van der Waals surface area contributed by atoms with Crippen LogP contribution in [-0.4, -0.2) is 64.2 Å². The molecule has 2 aromatic heterocycles. The molecule has 1 aliphatic heterocycles. The van der Waals surface area contributed by atoms with Crippen molar-refractivity contribution in [3.8, 4) is 0 Å². The number of aromatic nitrogens is 3. The number of amides is 1. The zero-order valence-electron chi connectivity index (χ0n) is 19.3. The van der Waals surface area contributed by atoms with E-state index in [-0.39, 0.29) is 17.5 Å². The number of H-pyrrole nitrogens is 1. The summed E-state index contributed by atoms with van der Waals surface area (Å²) in [4.78, 5) is 40.7. The quantitative estimate of drug-likeness (QED) is 0.582. The molecule has 1 saturated carbocycles. The Labute approximate surface area is 197 Å². The summed E-state index contributed by atoms with van der Waals surface area (Å²) in [7, 11) is 0. The van der Waals surface area contributed by atoms with E-state index in [0.717, 1.165) is 55.0 Å². The third kappa shape index (κ3) is 4.79. The van der Waals surface area contributed by atoms with Crippen LogP contribution in [0.4, 0.5) is 10.1 Å². The van der Waals surface area contributed by atoms with Crippen molar-refractivity contribution in [2.45, 2.75) is 44.9 Å². The Bertz CT molecular complexity index is 1230. The highest BCUT2D eigenvalue weighted by Gasteiger charge is 2.30. The molecule has 8 nitrogen and oxygen atoms in total. The lowest BCUT2D eigenvalue weighted by molar-refractivity contribution is 0.0855. The van der Waals surface area contributed by atoms with Gasteiger partial charge in [0.2, 0.25) is 0 Å². The van der Waals surface area contributed by atoms with Crippen LogP contribution < -0.4 is 15.8 Å². The number of benzene rings is 1. The molecule has 2 aliphatic rings. The van der Waals surface area contributed by atoms with Crippen molar-refractivity contribution in [1.82, 2.24) is 25.2 Å². The number of aryl methyl sites for hydroxylation is 1. The summed E-state index contributed by atoms with van der Waals surface area (Å²) in [6.45, 7) is 6.25. The summed E-state index contributed by atoms with van der Waals surface area (Å²) in [5, 5.41) is 2.83. The number of rotatable bonds is 6. The molecular formula is C25H29FN6O2. The van der Waals surface area contributed by atoms with Crippen LogP contribution in [0.5, 0.6) is 0 Å². The number of nitrogens with zero attached hydrogens (tertiary/aromatic N) is 4. The zero-order valence-corrected chi connectivity index (χ0v) is 19.3. The molecule has 2 N–H and O–H groups in total. The maximum absolute atomic E-state index is 12.9. The number of aromatic amines is 1. The van der Waals surface area contributed by atoms with Crippen molar-refractivity contribution in [3.05, 3.63) is 63.8 Å². The summed E-state index contributed by atoms with van der Waals surface area (Å²) in [5.74, 6) is -0.244. The van der Waals surface area contributed by atoms with Gasteiger partial charge in [0.25, 0.3) is 11.5 Å². The van der Waals surface area contributed by atoms with Crippen LogP contribution in [0.15, 0.2) is 41.3 Å². The predicted molar refractivity (Wildman–Crippen MR) is 129 cm³/mol. The van der Waals surface area contributed by atoms with Gasteiger partial charge in [0.1, 0.15) is 17.6 Å². The fraction of sp³-hybridized carbons (Fsp3) is 0.440. The second kappa shape index (κ2) is 9.50. The second-order valence-corrected chi connectivity index (χ2v) is 9.12. The van der Waals surface area contributed by atoms with Crippen molar-refractivity contribution in [3.63, 3.8) is 0 Å². The Hall–Kier alpha value is -3.33. The molecule has 0 unspecified atom stereocenters. The normalized spacial score (nSPS) is 20.8. The standard InChI is InChI=1S/C25H29FN6O2/c1-2-20-24(33)30-23-11-16(3-5-21(23)29-20)15-31-7-9-32(10-8-31)19-4-6-22(27-14-19)25(34)28-18-12-17(26)13-18/h3-6,11,14,17-18H,2,7-10,12-13,15H2,1H3,(H,28,34)(H,30,33). The van der Waals surface area contributed by atoms with Gasteiger partial charge >= 0.3 is 0 Å². The number of carbonyl (C=O) groups is 1. The Morgan fingerprint density at radius 3 is 2.65 bits per heavy atom. The van der Waals surface area contributed by atoms with Crippen LogP contribution in [0.2, 0.25) is 0 Å². The van der Waals surface area contributed by atoms with Gasteiger partial charge in [-0.2, -0.15) is 0 Å². The molecule has 178 valence electrons. The number of halogens is 1. The SMILES string of the molecule is CCc1nc2ccc(CN3CCN(c4ccc(C(=O)NC5CC(F)C5)nc4)CC3)cc2[nH]c1=O. The number of piperazine rings is 1. The first-order valence-corrected chi connectivity index (χ1v) is 11.9. The van der Waals surface area contributed by atoms with Gasteiger partial charge in [-0.1, -0.05) is 13.0 Å². The Morgan fingerprint density at radius 2 is 1.97 bits per heavy atom. The van der Waals surface area contributed by atoms with Gasteiger partial charge in [-0.25, -0.2) is 14.4 Å². The number of fused-ring (bicyclic) bond motifs is 1. The average molecular weight is 465 g/mol. The third-order valence-electron chi connectivity index (χ3n) is 6.70. The Balaban J connectivity index is 1.15. The highest BCUT2D eigenvalue weighted by Crippen LogP contribution is 2.23. The van der Waals surface area contributed by atoms with Crippen molar-refractivity contribution < 1.29 is 9.18 Å². The molecule has 3 heterocycles. The number of hydrogen-bond acceptors (Lipinski definition) is 6. The summed E-state index contributed by atoms with van der Waals surface area (Å²) in [6, 6.07) is 9.64. The highest BCUT2D eigenvalue weighted by atomic mass is 19.1. The van der Waals surface area contributed by atoms with E-state index in [9.17, 15) is 14.0 Å². The minimum absolute atomic E-state index is 0.0787. The second-order valence-electron chi connectivity index (χ2n) is 9.12. The third-order valence-corrected chi connectivity index (χ3v) is 6.70. The minimum atomic E-state index is -0.796. The van der Waals surface area contributed by atoms with Crippen molar-refractivity contribution in [1.29, 1.82) is 0 Å².